The fourth-order valence-electron chi connectivity index (χ4n) is 3.85. The minimum atomic E-state index is -0.212. The maximum Gasteiger partial charge on any atom is 0.410 e. The van der Waals surface area contributed by atoms with E-state index in [2.05, 4.69) is 19.1 Å². The van der Waals surface area contributed by atoms with Gasteiger partial charge in [-0.2, -0.15) is 0 Å². The lowest BCUT2D eigenvalue weighted by atomic mass is 9.73. The van der Waals surface area contributed by atoms with E-state index >= 15 is 0 Å². The molecular weight excluding hydrogens is 294 g/mol. The Hall–Kier alpha value is -1.59. The van der Waals surface area contributed by atoms with Crippen LogP contribution < -0.4 is 0 Å². The van der Waals surface area contributed by atoms with Gasteiger partial charge in [0.25, 0.3) is 0 Å². The van der Waals surface area contributed by atoms with E-state index in [-0.39, 0.29) is 24.2 Å². The minimum absolute atomic E-state index is 0.0782. The van der Waals surface area contributed by atoms with Crippen LogP contribution in [0.4, 0.5) is 4.79 Å². The number of fused-ring (bicyclic) bond motifs is 1. The van der Waals surface area contributed by atoms with Gasteiger partial charge in [0.2, 0.25) is 0 Å². The molecule has 5 nitrogen and oxygen atoms in total. The molecule has 3 atom stereocenters. The van der Waals surface area contributed by atoms with Gasteiger partial charge in [0.15, 0.2) is 0 Å². The molecule has 2 aliphatic rings. The molecule has 2 aliphatic heterocycles. The molecule has 0 spiro atoms. The monoisotopic (exact) mass is 319 g/mol. The number of benzene rings is 1. The second-order valence-electron chi connectivity index (χ2n) is 6.79. The van der Waals surface area contributed by atoms with Crippen LogP contribution in [0.3, 0.4) is 0 Å². The van der Waals surface area contributed by atoms with Crippen molar-refractivity contribution in [3.8, 4) is 0 Å². The summed E-state index contributed by atoms with van der Waals surface area (Å²) in [5, 5.41) is 9.14. The van der Waals surface area contributed by atoms with Crippen molar-refractivity contribution in [2.45, 2.75) is 32.4 Å². The van der Waals surface area contributed by atoms with Crippen LogP contribution in [0.25, 0.3) is 0 Å². The van der Waals surface area contributed by atoms with Crippen molar-refractivity contribution in [2.24, 2.45) is 11.3 Å². The van der Waals surface area contributed by atoms with E-state index in [0.29, 0.717) is 32.3 Å². The first-order valence-electron chi connectivity index (χ1n) is 8.31. The molecule has 1 amide bonds. The molecule has 2 heterocycles. The van der Waals surface area contributed by atoms with Crippen LogP contribution in [0.5, 0.6) is 0 Å². The molecule has 5 heteroatoms. The van der Waals surface area contributed by atoms with E-state index in [4.69, 9.17) is 14.6 Å². The number of aliphatic hydroxyl groups excluding tert-OH is 1. The molecule has 126 valence electrons. The Bertz CT molecular complexity index is 535. The molecule has 2 fully saturated rings. The smallest absolute Gasteiger partial charge is 0.410 e. The average Bonchev–Trinajstić information content (AvgIpc) is 3.06. The predicted molar refractivity (Wildman–Crippen MR) is 85.9 cm³/mol. The molecule has 1 aromatic carbocycles. The number of ether oxygens (including phenoxy) is 2. The second kappa shape index (κ2) is 6.89. The quantitative estimate of drug-likeness (QED) is 0.838. The summed E-state index contributed by atoms with van der Waals surface area (Å²) in [4.78, 5) is 13.7. The zero-order valence-corrected chi connectivity index (χ0v) is 13.6. The third-order valence-corrected chi connectivity index (χ3v) is 5.32. The molecule has 0 radical (unpaired) electrons. The van der Waals surface area contributed by atoms with Crippen molar-refractivity contribution in [1.82, 2.24) is 4.90 Å². The second-order valence-corrected chi connectivity index (χ2v) is 6.79. The van der Waals surface area contributed by atoms with Gasteiger partial charge >= 0.3 is 6.09 Å². The highest BCUT2D eigenvalue weighted by molar-refractivity contribution is 5.71. The summed E-state index contributed by atoms with van der Waals surface area (Å²) in [6.07, 6.45) is 1.45. The number of hydrogen-bond donors (Lipinski definition) is 1. The first-order chi connectivity index (χ1) is 11.1. The van der Waals surface area contributed by atoms with Crippen molar-refractivity contribution in [3.05, 3.63) is 35.9 Å². The van der Waals surface area contributed by atoms with E-state index in [1.807, 2.05) is 23.1 Å². The Morgan fingerprint density at radius 2 is 2.17 bits per heavy atom. The number of rotatable bonds is 7. The van der Waals surface area contributed by atoms with Crippen molar-refractivity contribution < 1.29 is 19.4 Å². The van der Waals surface area contributed by atoms with Gasteiger partial charge in [0.1, 0.15) is 6.61 Å². The van der Waals surface area contributed by atoms with Gasteiger partial charge in [-0.15, -0.1) is 0 Å². The van der Waals surface area contributed by atoms with Gasteiger partial charge in [-0.1, -0.05) is 37.3 Å². The largest absolute Gasteiger partial charge is 0.447 e. The number of nitrogens with zero attached hydrogens (tertiary/aromatic N) is 1. The molecule has 3 rings (SSSR count). The average molecular weight is 319 g/mol. The Kier molecular flexibility index (Phi) is 4.87. The van der Waals surface area contributed by atoms with Crippen LogP contribution in [0, 0.1) is 11.3 Å². The predicted octanol–water partition coefficient (Wildman–Crippen LogP) is 2.43. The van der Waals surface area contributed by atoms with Gasteiger partial charge in [0.05, 0.1) is 19.3 Å². The van der Waals surface area contributed by atoms with Crippen LogP contribution in [-0.2, 0) is 16.1 Å². The summed E-state index contributed by atoms with van der Waals surface area (Å²) in [5.74, 6) is 0.336. The van der Waals surface area contributed by atoms with Crippen molar-refractivity contribution in [1.29, 1.82) is 0 Å². The summed E-state index contributed by atoms with van der Waals surface area (Å²) in [6, 6.07) is 10.2. The maximum atomic E-state index is 11.9. The number of aliphatic hydroxyl groups is 1. The zero-order chi connectivity index (χ0) is 16.3. The third-order valence-electron chi connectivity index (χ3n) is 5.32. The molecule has 23 heavy (non-hydrogen) atoms. The lowest BCUT2D eigenvalue weighted by Crippen LogP contribution is -2.41. The van der Waals surface area contributed by atoms with Gasteiger partial charge in [-0.25, -0.2) is 4.79 Å². The van der Waals surface area contributed by atoms with Crippen LogP contribution in [0.1, 0.15) is 25.3 Å². The van der Waals surface area contributed by atoms with Gasteiger partial charge < -0.3 is 19.5 Å². The van der Waals surface area contributed by atoms with Crippen molar-refractivity contribution in [2.75, 3.05) is 26.4 Å². The molecule has 0 bridgehead atoms. The lowest BCUT2D eigenvalue weighted by molar-refractivity contribution is 0.00245. The number of carbonyl (C=O) groups is 1. The van der Waals surface area contributed by atoms with Crippen LogP contribution in [-0.4, -0.2) is 48.5 Å². The molecule has 1 aromatic rings. The lowest BCUT2D eigenvalue weighted by Gasteiger charge is -2.34. The standard InChI is InChI=1S/C18H25NO4/c1-18(13-22-11-14-6-3-2-4-7-14)15(8-5-9-20)10-19-16(18)12-23-17(19)21/h2-4,6-7,15-16,20H,5,8-13H2,1H3/t15-,16-,18-/m1/s1. The highest BCUT2D eigenvalue weighted by Crippen LogP contribution is 2.46. The summed E-state index contributed by atoms with van der Waals surface area (Å²) in [7, 11) is 0. The maximum absolute atomic E-state index is 11.9. The molecule has 0 unspecified atom stereocenters. The number of cyclic esters (lactones) is 1. The van der Waals surface area contributed by atoms with E-state index in [0.717, 1.165) is 18.4 Å². The fourth-order valence-corrected chi connectivity index (χ4v) is 3.85. The zero-order valence-electron chi connectivity index (χ0n) is 13.6. The van der Waals surface area contributed by atoms with Gasteiger partial charge in [-0.05, 0) is 24.3 Å². The van der Waals surface area contributed by atoms with E-state index in [9.17, 15) is 4.79 Å². The summed E-state index contributed by atoms with van der Waals surface area (Å²) < 4.78 is 11.2. The number of hydrogen-bond acceptors (Lipinski definition) is 4. The first kappa shape index (κ1) is 16.3. The van der Waals surface area contributed by atoms with Gasteiger partial charge in [0, 0.05) is 18.6 Å². The topological polar surface area (TPSA) is 59.0 Å². The summed E-state index contributed by atoms with van der Waals surface area (Å²) in [6.45, 7) is 4.69. The molecule has 0 aromatic heterocycles. The first-order valence-corrected chi connectivity index (χ1v) is 8.31. The number of amides is 1. The normalized spacial score (nSPS) is 29.7. The number of carbonyl (C=O) groups excluding carboxylic acids is 1. The Balaban J connectivity index is 1.66. The van der Waals surface area contributed by atoms with Crippen LogP contribution in [0.2, 0.25) is 0 Å². The minimum Gasteiger partial charge on any atom is -0.447 e. The summed E-state index contributed by atoms with van der Waals surface area (Å²) >= 11 is 0. The van der Waals surface area contributed by atoms with Gasteiger partial charge in [-0.3, -0.25) is 0 Å². The van der Waals surface area contributed by atoms with E-state index in [1.165, 1.54) is 0 Å². The highest BCUT2D eigenvalue weighted by atomic mass is 16.6. The molecule has 1 N–H and O–H groups in total. The molecular formula is C18H25NO4. The molecule has 0 aliphatic carbocycles. The third kappa shape index (κ3) is 3.21. The fraction of sp³-hybridized carbons (Fsp3) is 0.611. The Morgan fingerprint density at radius 3 is 2.91 bits per heavy atom. The Labute approximate surface area is 137 Å². The Morgan fingerprint density at radius 1 is 1.39 bits per heavy atom. The van der Waals surface area contributed by atoms with Crippen LogP contribution in [0.15, 0.2) is 30.3 Å². The molecule has 2 saturated heterocycles. The highest BCUT2D eigenvalue weighted by Gasteiger charge is 2.56. The van der Waals surface area contributed by atoms with Crippen molar-refractivity contribution in [3.63, 3.8) is 0 Å². The van der Waals surface area contributed by atoms with E-state index in [1.54, 1.807) is 0 Å². The molecule has 0 saturated carbocycles. The van der Waals surface area contributed by atoms with Crippen molar-refractivity contribution >= 4 is 6.09 Å². The SMILES string of the molecule is C[C@@]1(COCc2ccccc2)[C@H](CCCO)CN2C(=O)OC[C@@H]21. The van der Waals surface area contributed by atoms with E-state index < -0.39 is 0 Å². The van der Waals surface area contributed by atoms with Crippen LogP contribution >= 0.6 is 0 Å². The summed E-state index contributed by atoms with van der Waals surface area (Å²) in [5.41, 5.74) is 1.02.